The van der Waals surface area contributed by atoms with Crippen LogP contribution in [0.1, 0.15) is 18.6 Å². The first-order chi connectivity index (χ1) is 11.6. The van der Waals surface area contributed by atoms with Gasteiger partial charge in [-0.25, -0.2) is 18.4 Å². The summed E-state index contributed by atoms with van der Waals surface area (Å²) in [6.07, 6.45) is 4.17. The van der Waals surface area contributed by atoms with E-state index in [-0.39, 0.29) is 4.90 Å². The van der Waals surface area contributed by atoms with Gasteiger partial charge in [-0.3, -0.25) is 4.72 Å². The number of aromatic nitrogens is 2. The van der Waals surface area contributed by atoms with Crippen molar-refractivity contribution in [2.24, 2.45) is 0 Å². The molecule has 24 heavy (non-hydrogen) atoms. The van der Waals surface area contributed by atoms with Gasteiger partial charge in [0.05, 0.1) is 27.3 Å². The van der Waals surface area contributed by atoms with Crippen molar-refractivity contribution in [3.8, 4) is 0 Å². The lowest BCUT2D eigenvalue weighted by molar-refractivity contribution is 0.476. The maximum Gasteiger partial charge on any atom is 0.263 e. The van der Waals surface area contributed by atoms with E-state index in [9.17, 15) is 8.42 Å². The summed E-state index contributed by atoms with van der Waals surface area (Å²) in [5, 5.41) is 0.336. The van der Waals surface area contributed by atoms with E-state index >= 15 is 0 Å². The fourth-order valence-corrected chi connectivity index (χ4v) is 4.85. The second-order valence-electron chi connectivity index (χ2n) is 4.77. The molecule has 6 nitrogen and oxygen atoms in total. The first-order valence-electron chi connectivity index (χ1n) is 7.17. The summed E-state index contributed by atoms with van der Waals surface area (Å²) in [5.74, 6) is 2.08. The van der Waals surface area contributed by atoms with E-state index in [4.69, 9.17) is 4.42 Å². The molecular formula is C15H15N3O3S3. The van der Waals surface area contributed by atoms with Gasteiger partial charge in [-0.05, 0) is 12.1 Å². The number of sulfonamides is 1. The van der Waals surface area contributed by atoms with E-state index in [1.54, 1.807) is 42.7 Å². The molecular weight excluding hydrogens is 366 g/mol. The average molecular weight is 382 g/mol. The molecule has 0 atom stereocenters. The standard InChI is InChI=1S/C15H15N3O3S3/c1-2-11-8-16-13(21-11)10-22-14-9-17-15(23-14)18-24(19,20)12-6-4-3-5-7-12/h3-9H,2,10H2,1H3,(H,17,18). The minimum Gasteiger partial charge on any atom is -0.445 e. The summed E-state index contributed by atoms with van der Waals surface area (Å²) in [4.78, 5) is 8.52. The number of anilines is 1. The molecule has 0 saturated carbocycles. The number of benzene rings is 1. The van der Waals surface area contributed by atoms with Crippen molar-refractivity contribution in [3.05, 3.63) is 54.4 Å². The molecule has 0 unspecified atom stereocenters. The summed E-state index contributed by atoms with van der Waals surface area (Å²) in [6.45, 7) is 2.01. The van der Waals surface area contributed by atoms with Gasteiger partial charge in [-0.1, -0.05) is 36.5 Å². The van der Waals surface area contributed by atoms with Crippen molar-refractivity contribution < 1.29 is 12.8 Å². The summed E-state index contributed by atoms with van der Waals surface area (Å²) in [5.41, 5.74) is 0. The Morgan fingerprint density at radius 1 is 1.21 bits per heavy atom. The third-order valence-electron chi connectivity index (χ3n) is 3.05. The molecule has 0 spiro atoms. The number of rotatable bonds is 7. The molecule has 3 aromatic rings. The van der Waals surface area contributed by atoms with Crippen molar-refractivity contribution in [3.63, 3.8) is 0 Å². The Kier molecular flexibility index (Phi) is 5.22. The van der Waals surface area contributed by atoms with Crippen LogP contribution in [0.25, 0.3) is 0 Å². The maximum absolute atomic E-state index is 12.2. The number of hydrogen-bond donors (Lipinski definition) is 1. The Balaban J connectivity index is 1.63. The van der Waals surface area contributed by atoms with Crippen molar-refractivity contribution >= 4 is 38.3 Å². The van der Waals surface area contributed by atoms with Gasteiger partial charge in [0.2, 0.25) is 5.89 Å². The Hall–Kier alpha value is -1.84. The van der Waals surface area contributed by atoms with Gasteiger partial charge in [0.15, 0.2) is 5.13 Å². The predicted octanol–water partition coefficient (Wildman–Crippen LogP) is 3.79. The first kappa shape index (κ1) is 17.0. The molecule has 0 saturated heterocycles. The van der Waals surface area contributed by atoms with Crippen LogP contribution in [0.5, 0.6) is 0 Å². The van der Waals surface area contributed by atoms with Crippen LogP contribution in [-0.2, 0) is 22.2 Å². The molecule has 1 aromatic carbocycles. The van der Waals surface area contributed by atoms with Crippen LogP contribution in [0.3, 0.4) is 0 Å². The van der Waals surface area contributed by atoms with Crippen molar-refractivity contribution in [1.82, 2.24) is 9.97 Å². The Bertz CT molecular complexity index is 904. The highest BCUT2D eigenvalue weighted by molar-refractivity contribution is 8.00. The van der Waals surface area contributed by atoms with Gasteiger partial charge >= 0.3 is 0 Å². The molecule has 0 fully saturated rings. The van der Waals surface area contributed by atoms with Gasteiger partial charge in [0, 0.05) is 6.42 Å². The van der Waals surface area contributed by atoms with Crippen LogP contribution in [0.2, 0.25) is 0 Å². The third-order valence-corrected chi connectivity index (χ3v) is 6.62. The largest absolute Gasteiger partial charge is 0.445 e. The second-order valence-corrected chi connectivity index (χ2v) is 8.75. The molecule has 0 radical (unpaired) electrons. The maximum atomic E-state index is 12.2. The molecule has 0 aliphatic carbocycles. The smallest absolute Gasteiger partial charge is 0.263 e. The zero-order valence-electron chi connectivity index (χ0n) is 12.8. The zero-order chi connectivity index (χ0) is 17.0. The zero-order valence-corrected chi connectivity index (χ0v) is 15.2. The molecule has 9 heteroatoms. The van der Waals surface area contributed by atoms with E-state index in [0.717, 1.165) is 16.4 Å². The molecule has 0 bridgehead atoms. The number of aryl methyl sites for hydroxylation is 1. The Labute approximate surface area is 148 Å². The van der Waals surface area contributed by atoms with Crippen molar-refractivity contribution in [1.29, 1.82) is 0 Å². The van der Waals surface area contributed by atoms with Crippen LogP contribution >= 0.6 is 23.1 Å². The van der Waals surface area contributed by atoms with Gasteiger partial charge in [-0.2, -0.15) is 0 Å². The molecule has 1 N–H and O–H groups in total. The quantitative estimate of drug-likeness (QED) is 0.627. The SMILES string of the molecule is CCc1cnc(CSc2cnc(NS(=O)(=O)c3ccccc3)s2)o1. The van der Waals surface area contributed by atoms with Gasteiger partial charge in [0.1, 0.15) is 5.76 Å². The van der Waals surface area contributed by atoms with Crippen LogP contribution < -0.4 is 4.72 Å². The number of nitrogens with one attached hydrogen (secondary N) is 1. The highest BCUT2D eigenvalue weighted by atomic mass is 32.2. The highest BCUT2D eigenvalue weighted by Crippen LogP contribution is 2.31. The molecule has 2 aromatic heterocycles. The molecule has 126 valence electrons. The topological polar surface area (TPSA) is 85.1 Å². The molecule has 0 aliphatic rings. The second kappa shape index (κ2) is 7.37. The summed E-state index contributed by atoms with van der Waals surface area (Å²) in [7, 11) is -3.61. The molecule has 0 amide bonds. The number of oxazole rings is 1. The minimum atomic E-state index is -3.61. The van der Waals surface area contributed by atoms with Crippen LogP contribution in [0.4, 0.5) is 5.13 Å². The molecule has 3 rings (SSSR count). The lowest BCUT2D eigenvalue weighted by atomic mass is 10.4. The normalized spacial score (nSPS) is 11.5. The number of thiazole rings is 1. The van der Waals surface area contributed by atoms with Gasteiger partial charge in [-0.15, -0.1) is 11.8 Å². The number of thioether (sulfide) groups is 1. The number of nitrogens with zero attached hydrogens (tertiary/aromatic N) is 2. The Morgan fingerprint density at radius 3 is 2.71 bits per heavy atom. The fraction of sp³-hybridized carbons (Fsp3) is 0.200. The first-order valence-corrected chi connectivity index (χ1v) is 10.5. The van der Waals surface area contributed by atoms with Gasteiger partial charge < -0.3 is 4.42 Å². The Morgan fingerprint density at radius 2 is 2.00 bits per heavy atom. The van der Waals surface area contributed by atoms with Crippen LogP contribution in [0, 0.1) is 0 Å². The lowest BCUT2D eigenvalue weighted by Crippen LogP contribution is -2.12. The third kappa shape index (κ3) is 4.16. The summed E-state index contributed by atoms with van der Waals surface area (Å²) < 4.78 is 33.4. The molecule has 0 aliphatic heterocycles. The highest BCUT2D eigenvalue weighted by Gasteiger charge is 2.16. The van der Waals surface area contributed by atoms with E-state index in [2.05, 4.69) is 14.7 Å². The van der Waals surface area contributed by atoms with E-state index in [1.165, 1.54) is 23.1 Å². The van der Waals surface area contributed by atoms with E-state index < -0.39 is 10.0 Å². The van der Waals surface area contributed by atoms with Crippen LogP contribution in [-0.4, -0.2) is 18.4 Å². The van der Waals surface area contributed by atoms with E-state index in [1.807, 2.05) is 6.92 Å². The van der Waals surface area contributed by atoms with Crippen molar-refractivity contribution in [2.45, 2.75) is 28.2 Å². The number of hydrogen-bond acceptors (Lipinski definition) is 7. The predicted molar refractivity (Wildman–Crippen MR) is 94.8 cm³/mol. The fourth-order valence-electron chi connectivity index (χ4n) is 1.86. The summed E-state index contributed by atoms with van der Waals surface area (Å²) >= 11 is 2.78. The monoisotopic (exact) mass is 381 g/mol. The van der Waals surface area contributed by atoms with Crippen molar-refractivity contribution in [2.75, 3.05) is 4.72 Å². The van der Waals surface area contributed by atoms with Crippen LogP contribution in [0.15, 0.2) is 56.2 Å². The lowest BCUT2D eigenvalue weighted by Gasteiger charge is -2.04. The van der Waals surface area contributed by atoms with E-state index in [0.29, 0.717) is 16.8 Å². The average Bonchev–Trinajstić information content (AvgIpc) is 3.22. The summed E-state index contributed by atoms with van der Waals surface area (Å²) in [6, 6.07) is 8.21. The minimum absolute atomic E-state index is 0.210. The van der Waals surface area contributed by atoms with Gasteiger partial charge in [0.25, 0.3) is 10.0 Å². The molecule has 2 heterocycles.